The molecule has 2 aromatic carbocycles. The van der Waals surface area contributed by atoms with Gasteiger partial charge in [0.15, 0.2) is 0 Å². The van der Waals surface area contributed by atoms with Crippen molar-refractivity contribution in [1.82, 2.24) is 4.90 Å². The second-order valence-corrected chi connectivity index (χ2v) is 8.82. The lowest BCUT2D eigenvalue weighted by Gasteiger charge is -2.25. The zero-order valence-electron chi connectivity index (χ0n) is 17.7. The van der Waals surface area contributed by atoms with E-state index >= 15 is 0 Å². The molecule has 3 aromatic rings. The number of carbonyl (C=O) groups excluding carboxylic acids is 2. The number of ether oxygens (including phenoxy) is 1. The summed E-state index contributed by atoms with van der Waals surface area (Å²) in [5.74, 6) is -1.05. The molecule has 0 spiro atoms. The summed E-state index contributed by atoms with van der Waals surface area (Å²) >= 11 is 1.48. The van der Waals surface area contributed by atoms with Crippen LogP contribution >= 0.6 is 11.3 Å². The number of phenols is 1. The van der Waals surface area contributed by atoms with Gasteiger partial charge >= 0.3 is 0 Å². The van der Waals surface area contributed by atoms with Gasteiger partial charge in [-0.15, -0.1) is 11.3 Å². The molecule has 1 unspecified atom stereocenters. The maximum atomic E-state index is 13.0. The van der Waals surface area contributed by atoms with Gasteiger partial charge in [-0.25, -0.2) is 0 Å². The summed E-state index contributed by atoms with van der Waals surface area (Å²) in [5, 5.41) is 23.0. The molecule has 1 saturated heterocycles. The van der Waals surface area contributed by atoms with Crippen molar-refractivity contribution in [2.45, 2.75) is 32.5 Å². The number of likely N-dealkylation sites (tertiary alicyclic amines) is 1. The Hall–Kier alpha value is -3.58. The van der Waals surface area contributed by atoms with Gasteiger partial charge in [-0.3, -0.25) is 9.59 Å². The number of carbonyl (C=O) groups is 2. The van der Waals surface area contributed by atoms with Crippen molar-refractivity contribution in [3.63, 3.8) is 0 Å². The van der Waals surface area contributed by atoms with E-state index in [4.69, 9.17) is 4.74 Å². The fourth-order valence-electron chi connectivity index (χ4n) is 3.77. The average molecular weight is 450 g/mol. The fraction of sp³-hybridized carbons (Fsp3) is 0.200. The van der Waals surface area contributed by atoms with E-state index in [2.05, 4.69) is 0 Å². The van der Waals surface area contributed by atoms with Gasteiger partial charge in [0.1, 0.15) is 17.3 Å². The molecule has 1 aromatic heterocycles. The highest BCUT2D eigenvalue weighted by molar-refractivity contribution is 7.09. The van der Waals surface area contributed by atoms with Gasteiger partial charge in [0.25, 0.3) is 11.7 Å². The van der Waals surface area contributed by atoms with E-state index in [1.54, 1.807) is 36.4 Å². The summed E-state index contributed by atoms with van der Waals surface area (Å²) in [5.41, 5.74) is 0.942. The van der Waals surface area contributed by atoms with Crippen LogP contribution < -0.4 is 4.74 Å². The van der Waals surface area contributed by atoms with Gasteiger partial charge in [0.05, 0.1) is 24.3 Å². The second-order valence-electron chi connectivity index (χ2n) is 7.79. The van der Waals surface area contributed by atoms with E-state index in [9.17, 15) is 19.8 Å². The number of aliphatic hydroxyl groups is 1. The number of hydrogen-bond acceptors (Lipinski definition) is 6. The summed E-state index contributed by atoms with van der Waals surface area (Å²) < 4.78 is 5.64. The molecular formula is C25H23NO5S. The minimum Gasteiger partial charge on any atom is -0.508 e. The highest BCUT2D eigenvalue weighted by atomic mass is 32.1. The van der Waals surface area contributed by atoms with Crippen LogP contribution in [0.15, 0.2) is 71.6 Å². The van der Waals surface area contributed by atoms with Crippen molar-refractivity contribution in [1.29, 1.82) is 0 Å². The minimum atomic E-state index is -0.823. The largest absolute Gasteiger partial charge is 0.508 e. The number of aliphatic hydroxyl groups excluding tert-OH is 1. The van der Waals surface area contributed by atoms with Crippen LogP contribution in [0.1, 0.15) is 35.9 Å². The molecule has 1 aliphatic rings. The third-order valence-corrected chi connectivity index (χ3v) is 5.99. The van der Waals surface area contributed by atoms with Crippen LogP contribution in [0.4, 0.5) is 0 Å². The first-order valence-corrected chi connectivity index (χ1v) is 11.1. The lowest BCUT2D eigenvalue weighted by atomic mass is 9.95. The van der Waals surface area contributed by atoms with Crippen LogP contribution in [-0.2, 0) is 16.1 Å². The van der Waals surface area contributed by atoms with Crippen molar-refractivity contribution in [2.24, 2.45) is 0 Å². The smallest absolute Gasteiger partial charge is 0.295 e. The molecule has 1 fully saturated rings. The summed E-state index contributed by atoms with van der Waals surface area (Å²) in [6, 6.07) is 16.1. The number of amides is 1. The normalized spacial score (nSPS) is 17.8. The Balaban J connectivity index is 1.80. The van der Waals surface area contributed by atoms with Crippen LogP contribution in [-0.4, -0.2) is 32.9 Å². The van der Waals surface area contributed by atoms with E-state index in [1.807, 2.05) is 31.4 Å². The highest BCUT2D eigenvalue weighted by Crippen LogP contribution is 2.41. The van der Waals surface area contributed by atoms with E-state index in [1.165, 1.54) is 28.4 Å². The first kappa shape index (κ1) is 21.6. The molecule has 1 aliphatic heterocycles. The Labute approximate surface area is 190 Å². The number of ketones is 1. The molecule has 1 atom stereocenters. The lowest BCUT2D eigenvalue weighted by molar-refractivity contribution is -0.140. The Bertz CT molecular complexity index is 1170. The number of thiophene rings is 1. The summed E-state index contributed by atoms with van der Waals surface area (Å²) in [6.07, 6.45) is 0.00258. The first-order valence-electron chi connectivity index (χ1n) is 10.2. The van der Waals surface area contributed by atoms with Crippen LogP contribution in [0.2, 0.25) is 0 Å². The third-order valence-electron chi connectivity index (χ3n) is 5.13. The van der Waals surface area contributed by atoms with Gasteiger partial charge in [-0.2, -0.15) is 0 Å². The maximum absolute atomic E-state index is 13.0. The Kier molecular flexibility index (Phi) is 6.01. The van der Waals surface area contributed by atoms with Crippen molar-refractivity contribution in [2.75, 3.05) is 0 Å². The summed E-state index contributed by atoms with van der Waals surface area (Å²) in [4.78, 5) is 28.4. The van der Waals surface area contributed by atoms with Gasteiger partial charge in [-0.1, -0.05) is 18.2 Å². The lowest BCUT2D eigenvalue weighted by Crippen LogP contribution is -2.28. The van der Waals surface area contributed by atoms with Crippen molar-refractivity contribution >= 4 is 28.8 Å². The molecule has 0 aliphatic carbocycles. The predicted molar refractivity (Wildman–Crippen MR) is 122 cm³/mol. The quantitative estimate of drug-likeness (QED) is 0.319. The first-order chi connectivity index (χ1) is 15.3. The van der Waals surface area contributed by atoms with Gasteiger partial charge in [-0.05, 0) is 67.3 Å². The van der Waals surface area contributed by atoms with Crippen molar-refractivity contribution in [3.8, 4) is 11.5 Å². The topological polar surface area (TPSA) is 87.1 Å². The number of benzene rings is 2. The number of rotatable bonds is 6. The standard InChI is InChI=1S/C25H23NO5S/c1-15(2)31-19-10-8-16(9-11-19)23(28)21-22(17-5-3-6-18(27)13-17)26(25(30)24(21)29)14-20-7-4-12-32-20/h3-13,15,22,27-28H,14H2,1-2H3/b23-21-. The number of phenolic OH excluding ortho intramolecular Hbond substituents is 1. The van der Waals surface area contributed by atoms with Crippen molar-refractivity contribution in [3.05, 3.63) is 87.6 Å². The van der Waals surface area contributed by atoms with Crippen LogP contribution in [0.25, 0.3) is 5.76 Å². The monoisotopic (exact) mass is 449 g/mol. The molecule has 6 nitrogen and oxygen atoms in total. The average Bonchev–Trinajstić information content (AvgIpc) is 3.36. The molecule has 4 rings (SSSR count). The molecule has 0 bridgehead atoms. The molecule has 0 saturated carbocycles. The Morgan fingerprint density at radius 1 is 1.09 bits per heavy atom. The van der Waals surface area contributed by atoms with Gasteiger partial charge < -0.3 is 19.8 Å². The van der Waals surface area contributed by atoms with Crippen LogP contribution in [0.3, 0.4) is 0 Å². The number of Topliss-reactive ketones (excluding diaryl/α,β-unsaturated/α-hetero) is 1. The third kappa shape index (κ3) is 4.24. The Morgan fingerprint density at radius 3 is 2.47 bits per heavy atom. The zero-order valence-corrected chi connectivity index (χ0v) is 18.5. The second kappa shape index (κ2) is 8.88. The number of aromatic hydroxyl groups is 1. The SMILES string of the molecule is CC(C)Oc1ccc(/C(O)=C2/C(=O)C(=O)N(Cc3cccs3)C2c2cccc(O)c2)cc1. The van der Waals surface area contributed by atoms with Gasteiger partial charge in [0, 0.05) is 10.4 Å². The fourth-order valence-corrected chi connectivity index (χ4v) is 4.48. The summed E-state index contributed by atoms with van der Waals surface area (Å²) in [7, 11) is 0. The molecular weight excluding hydrogens is 426 g/mol. The molecule has 164 valence electrons. The molecule has 2 heterocycles. The van der Waals surface area contributed by atoms with E-state index in [-0.39, 0.29) is 29.7 Å². The Morgan fingerprint density at radius 2 is 1.84 bits per heavy atom. The highest BCUT2D eigenvalue weighted by Gasteiger charge is 2.46. The molecule has 0 radical (unpaired) electrons. The molecule has 2 N–H and O–H groups in total. The molecule has 32 heavy (non-hydrogen) atoms. The maximum Gasteiger partial charge on any atom is 0.295 e. The van der Waals surface area contributed by atoms with Crippen molar-refractivity contribution < 1.29 is 24.5 Å². The van der Waals surface area contributed by atoms with E-state index in [0.717, 1.165) is 4.88 Å². The zero-order chi connectivity index (χ0) is 22.8. The van der Waals surface area contributed by atoms with E-state index < -0.39 is 17.7 Å². The number of hydrogen-bond donors (Lipinski definition) is 2. The van der Waals surface area contributed by atoms with Gasteiger partial charge in [0.2, 0.25) is 0 Å². The minimum absolute atomic E-state index is 0.00258. The van der Waals surface area contributed by atoms with Crippen LogP contribution in [0.5, 0.6) is 11.5 Å². The molecule has 1 amide bonds. The number of nitrogens with zero attached hydrogens (tertiary/aromatic N) is 1. The molecule has 7 heteroatoms. The summed E-state index contributed by atoms with van der Waals surface area (Å²) in [6.45, 7) is 4.05. The van der Waals surface area contributed by atoms with E-state index in [0.29, 0.717) is 16.9 Å². The van der Waals surface area contributed by atoms with Crippen LogP contribution in [0, 0.1) is 0 Å². The predicted octanol–water partition coefficient (Wildman–Crippen LogP) is 4.86.